The largest absolute Gasteiger partial charge is 0.493 e. The first-order valence-electron chi connectivity index (χ1n) is 9.69. The van der Waals surface area contributed by atoms with Crippen molar-refractivity contribution in [3.63, 3.8) is 0 Å². The summed E-state index contributed by atoms with van der Waals surface area (Å²) in [6, 6.07) is 2.23. The highest BCUT2D eigenvalue weighted by Crippen LogP contribution is 2.40. The second-order valence-electron chi connectivity index (χ2n) is 7.17. The fourth-order valence-corrected chi connectivity index (χ4v) is 3.61. The van der Waals surface area contributed by atoms with Crippen LogP contribution in [0.5, 0.6) is 17.2 Å². The first kappa shape index (κ1) is 23.3. The highest BCUT2D eigenvalue weighted by Gasteiger charge is 2.39. The van der Waals surface area contributed by atoms with E-state index in [9.17, 15) is 22.8 Å². The smallest absolute Gasteiger partial charge is 0.451 e. The number of hydrogen-bond acceptors (Lipinski definition) is 6. The molecule has 1 fully saturated rings. The van der Waals surface area contributed by atoms with Crippen molar-refractivity contribution in [2.24, 2.45) is 7.05 Å². The van der Waals surface area contributed by atoms with Gasteiger partial charge in [-0.25, -0.2) is 14.3 Å². The number of carbonyl (C=O) groups is 1. The van der Waals surface area contributed by atoms with E-state index < -0.39 is 29.8 Å². The minimum absolute atomic E-state index is 0.241. The van der Waals surface area contributed by atoms with Crippen LogP contribution in [0.2, 0.25) is 0 Å². The molecular weight excluding hydrogens is 435 g/mol. The van der Waals surface area contributed by atoms with E-state index in [4.69, 9.17) is 14.2 Å². The zero-order valence-corrected chi connectivity index (χ0v) is 18.0. The number of rotatable bonds is 5. The lowest BCUT2D eigenvalue weighted by Gasteiger charge is -2.31. The SMILES string of the molecule is COc1cc(NC(=O)N2CCC(n3nc(C(F)(F)F)n(C)c3=O)CC2)cc(OC)c1OC. The molecule has 1 aromatic carbocycles. The van der Waals surface area contributed by atoms with Gasteiger partial charge in [0.2, 0.25) is 11.6 Å². The summed E-state index contributed by atoms with van der Waals surface area (Å²) >= 11 is 0. The lowest BCUT2D eigenvalue weighted by molar-refractivity contribution is -0.147. The average Bonchev–Trinajstić information content (AvgIpc) is 3.07. The van der Waals surface area contributed by atoms with Crippen LogP contribution in [0.3, 0.4) is 0 Å². The number of amides is 2. The molecule has 0 aliphatic carbocycles. The van der Waals surface area contributed by atoms with Crippen molar-refractivity contribution in [2.75, 3.05) is 39.7 Å². The molecule has 10 nitrogen and oxygen atoms in total. The van der Waals surface area contributed by atoms with Crippen molar-refractivity contribution >= 4 is 11.7 Å². The monoisotopic (exact) mass is 459 g/mol. The van der Waals surface area contributed by atoms with Crippen molar-refractivity contribution < 1.29 is 32.2 Å². The van der Waals surface area contributed by atoms with E-state index in [0.29, 0.717) is 27.5 Å². The van der Waals surface area contributed by atoms with Gasteiger partial charge in [0.05, 0.1) is 33.1 Å². The van der Waals surface area contributed by atoms with Crippen molar-refractivity contribution in [2.45, 2.75) is 25.1 Å². The summed E-state index contributed by atoms with van der Waals surface area (Å²) in [4.78, 5) is 26.4. The molecule has 2 amide bonds. The van der Waals surface area contributed by atoms with Gasteiger partial charge >= 0.3 is 17.9 Å². The normalized spacial score (nSPS) is 14.9. The Morgan fingerprint density at radius 2 is 1.66 bits per heavy atom. The van der Waals surface area contributed by atoms with Gasteiger partial charge in [-0.3, -0.25) is 4.57 Å². The number of urea groups is 1. The Morgan fingerprint density at radius 1 is 1.09 bits per heavy atom. The van der Waals surface area contributed by atoms with Crippen LogP contribution in [0, 0.1) is 0 Å². The molecule has 1 N–H and O–H groups in total. The number of hydrogen-bond donors (Lipinski definition) is 1. The maximum atomic E-state index is 13.0. The van der Waals surface area contributed by atoms with Crippen LogP contribution in [-0.2, 0) is 13.2 Å². The van der Waals surface area contributed by atoms with Crippen molar-refractivity contribution in [3.8, 4) is 17.2 Å². The van der Waals surface area contributed by atoms with Gasteiger partial charge in [-0.15, -0.1) is 5.10 Å². The number of nitrogens with zero attached hydrogens (tertiary/aromatic N) is 4. The summed E-state index contributed by atoms with van der Waals surface area (Å²) in [6.45, 7) is 0.483. The van der Waals surface area contributed by atoms with Crippen LogP contribution in [-0.4, -0.2) is 59.7 Å². The third-order valence-corrected chi connectivity index (χ3v) is 5.27. The van der Waals surface area contributed by atoms with E-state index in [0.717, 1.165) is 11.7 Å². The van der Waals surface area contributed by atoms with Crippen LogP contribution in [0.1, 0.15) is 24.7 Å². The number of alkyl halides is 3. The first-order chi connectivity index (χ1) is 15.1. The van der Waals surface area contributed by atoms with Gasteiger partial charge < -0.3 is 24.4 Å². The zero-order valence-electron chi connectivity index (χ0n) is 18.0. The number of aromatic nitrogens is 3. The highest BCUT2D eigenvalue weighted by atomic mass is 19.4. The maximum Gasteiger partial charge on any atom is 0.451 e. The molecule has 2 heterocycles. The summed E-state index contributed by atoms with van der Waals surface area (Å²) in [5, 5.41) is 6.23. The lowest BCUT2D eigenvalue weighted by atomic mass is 10.1. The van der Waals surface area contributed by atoms with Gasteiger partial charge in [-0.1, -0.05) is 0 Å². The molecule has 1 saturated heterocycles. The zero-order chi connectivity index (χ0) is 23.6. The number of piperidine rings is 1. The Hall–Kier alpha value is -3.38. The molecule has 0 spiro atoms. The number of benzene rings is 1. The second kappa shape index (κ2) is 9.01. The van der Waals surface area contributed by atoms with E-state index in [1.807, 2.05) is 0 Å². The van der Waals surface area contributed by atoms with E-state index in [1.54, 1.807) is 12.1 Å². The van der Waals surface area contributed by atoms with Gasteiger partial charge in [-0.05, 0) is 12.8 Å². The molecule has 1 aromatic heterocycles. The average molecular weight is 459 g/mol. The molecule has 176 valence electrons. The molecule has 0 saturated carbocycles. The second-order valence-corrected chi connectivity index (χ2v) is 7.17. The number of carbonyl (C=O) groups excluding carboxylic acids is 1. The summed E-state index contributed by atoms with van der Waals surface area (Å²) in [5.74, 6) is -0.121. The van der Waals surface area contributed by atoms with Gasteiger partial charge in [0.1, 0.15) is 0 Å². The van der Waals surface area contributed by atoms with Crippen molar-refractivity contribution in [3.05, 3.63) is 28.4 Å². The molecule has 2 aromatic rings. The minimum Gasteiger partial charge on any atom is -0.493 e. The molecule has 3 rings (SSSR count). The molecule has 0 unspecified atom stereocenters. The maximum absolute atomic E-state index is 13.0. The highest BCUT2D eigenvalue weighted by molar-refractivity contribution is 5.90. The Labute approximate surface area is 181 Å². The van der Waals surface area contributed by atoms with E-state index in [1.165, 1.54) is 26.2 Å². The van der Waals surface area contributed by atoms with Gasteiger partial charge in [0.25, 0.3) is 0 Å². The van der Waals surface area contributed by atoms with Crippen molar-refractivity contribution in [1.82, 2.24) is 19.2 Å². The molecule has 0 bridgehead atoms. The number of methoxy groups -OCH3 is 3. The van der Waals surface area contributed by atoms with Crippen molar-refractivity contribution in [1.29, 1.82) is 0 Å². The van der Waals surface area contributed by atoms with E-state index in [2.05, 4.69) is 10.4 Å². The predicted octanol–water partition coefficient (Wildman–Crippen LogP) is 2.50. The van der Waals surface area contributed by atoms with Crippen LogP contribution in [0.4, 0.5) is 23.7 Å². The summed E-state index contributed by atoms with van der Waals surface area (Å²) < 4.78 is 56.2. The van der Waals surface area contributed by atoms with Gasteiger partial charge in [0.15, 0.2) is 11.5 Å². The van der Waals surface area contributed by atoms with Gasteiger partial charge in [-0.2, -0.15) is 13.2 Å². The number of anilines is 1. The fraction of sp³-hybridized carbons (Fsp3) is 0.526. The Balaban J connectivity index is 1.69. The van der Waals surface area contributed by atoms with Crippen LogP contribution in [0.25, 0.3) is 0 Å². The quantitative estimate of drug-likeness (QED) is 0.738. The number of nitrogens with one attached hydrogen (secondary N) is 1. The van der Waals surface area contributed by atoms with Crippen LogP contribution in [0.15, 0.2) is 16.9 Å². The number of likely N-dealkylation sites (tertiary alicyclic amines) is 1. The molecular formula is C19H24F3N5O5. The van der Waals surface area contributed by atoms with Crippen LogP contribution < -0.4 is 25.2 Å². The molecule has 1 aliphatic heterocycles. The molecule has 32 heavy (non-hydrogen) atoms. The Kier molecular flexibility index (Phi) is 6.55. The molecule has 13 heteroatoms. The number of ether oxygens (including phenoxy) is 3. The summed E-state index contributed by atoms with van der Waals surface area (Å²) in [5.41, 5.74) is -0.417. The molecule has 0 atom stereocenters. The molecule has 1 aliphatic rings. The lowest BCUT2D eigenvalue weighted by Crippen LogP contribution is -2.43. The fourth-order valence-electron chi connectivity index (χ4n) is 3.61. The van der Waals surface area contributed by atoms with E-state index >= 15 is 0 Å². The number of halogens is 3. The first-order valence-corrected chi connectivity index (χ1v) is 9.69. The predicted molar refractivity (Wildman–Crippen MR) is 107 cm³/mol. The topological polar surface area (TPSA) is 99.8 Å². The van der Waals surface area contributed by atoms with Gasteiger partial charge in [0, 0.05) is 32.3 Å². The van der Waals surface area contributed by atoms with E-state index in [-0.39, 0.29) is 25.9 Å². The Bertz CT molecular complexity index is 1020. The molecule has 0 radical (unpaired) electrons. The summed E-state index contributed by atoms with van der Waals surface area (Å²) in [6.07, 6.45) is -4.14. The summed E-state index contributed by atoms with van der Waals surface area (Å²) in [7, 11) is 5.41. The minimum atomic E-state index is -4.72. The third kappa shape index (κ3) is 4.46. The standard InChI is InChI=1S/C19H24F3N5O5/c1-25-16(19(20,21)22)24-27(18(25)29)12-5-7-26(8-6-12)17(28)23-11-9-13(30-2)15(32-4)14(10-11)31-3/h9-10,12H,5-8H2,1-4H3,(H,23,28). The Morgan fingerprint density at radius 3 is 2.09 bits per heavy atom. The van der Waals surface area contributed by atoms with Crippen LogP contribution >= 0.6 is 0 Å². The third-order valence-electron chi connectivity index (χ3n) is 5.27.